The van der Waals surface area contributed by atoms with E-state index in [0.29, 0.717) is 6.54 Å². The molecule has 2 fully saturated rings. The normalized spacial score (nSPS) is 22.2. The van der Waals surface area contributed by atoms with E-state index in [1.165, 1.54) is 11.3 Å². The molecule has 5 rings (SSSR count). The van der Waals surface area contributed by atoms with Crippen molar-refractivity contribution in [2.75, 3.05) is 31.1 Å². The second-order valence-corrected chi connectivity index (χ2v) is 8.86. The number of β-amino-alcohol motifs (C(OH)–C–C–N with tert-alkyl or cyclic N) is 1. The molecule has 1 atom stereocenters. The van der Waals surface area contributed by atoms with Crippen LogP contribution < -0.4 is 4.90 Å². The number of carbonyl (C=O) groups is 1. The lowest BCUT2D eigenvalue weighted by atomic mass is 9.93. The number of hydrogen-bond acceptors (Lipinski definition) is 5. The van der Waals surface area contributed by atoms with Crippen molar-refractivity contribution in [2.24, 2.45) is 5.92 Å². The van der Waals surface area contributed by atoms with Crippen LogP contribution in [0.2, 0.25) is 0 Å². The molecule has 0 radical (unpaired) electrons. The molecule has 1 aliphatic carbocycles. The monoisotopic (exact) mass is 406 g/mol. The number of benzene rings is 1. The number of aliphatic hydroxyl groups is 1. The Balaban J connectivity index is 1.32. The van der Waals surface area contributed by atoms with E-state index in [9.17, 15) is 9.90 Å². The first-order valence-corrected chi connectivity index (χ1v) is 11.4. The number of amides is 1. The van der Waals surface area contributed by atoms with Gasteiger partial charge in [0, 0.05) is 48.9 Å². The fourth-order valence-electron chi connectivity index (χ4n) is 5.14. The Bertz CT molecular complexity index is 909. The van der Waals surface area contributed by atoms with E-state index in [0.717, 1.165) is 81.8 Å². The van der Waals surface area contributed by atoms with Crippen molar-refractivity contribution in [1.29, 1.82) is 0 Å². The van der Waals surface area contributed by atoms with Gasteiger partial charge in [0.05, 0.1) is 6.10 Å². The summed E-state index contributed by atoms with van der Waals surface area (Å²) in [6.45, 7) is 2.99. The maximum absolute atomic E-state index is 12.9. The van der Waals surface area contributed by atoms with Gasteiger partial charge in [0.2, 0.25) is 5.91 Å². The highest BCUT2D eigenvalue weighted by Gasteiger charge is 2.32. The SMILES string of the molecule is O=C(C1CCN(c2nc(-c3ccccc3)nc3c2CCC3)CC1)N1CCCC(O)C1. The zero-order valence-electron chi connectivity index (χ0n) is 17.5. The summed E-state index contributed by atoms with van der Waals surface area (Å²) in [5.41, 5.74) is 3.56. The van der Waals surface area contributed by atoms with Gasteiger partial charge >= 0.3 is 0 Å². The van der Waals surface area contributed by atoms with Crippen molar-refractivity contribution in [3.63, 3.8) is 0 Å². The van der Waals surface area contributed by atoms with Gasteiger partial charge in [-0.3, -0.25) is 4.79 Å². The Morgan fingerprint density at radius 2 is 1.77 bits per heavy atom. The van der Waals surface area contributed by atoms with Crippen LogP contribution in [0.25, 0.3) is 11.4 Å². The van der Waals surface area contributed by atoms with Gasteiger partial charge in [-0.15, -0.1) is 0 Å². The molecule has 2 aliphatic heterocycles. The highest BCUT2D eigenvalue weighted by molar-refractivity contribution is 5.79. The van der Waals surface area contributed by atoms with E-state index < -0.39 is 0 Å². The summed E-state index contributed by atoms with van der Waals surface area (Å²) >= 11 is 0. The molecule has 1 aromatic heterocycles. The van der Waals surface area contributed by atoms with Gasteiger partial charge in [-0.2, -0.15) is 0 Å². The summed E-state index contributed by atoms with van der Waals surface area (Å²) in [6.07, 6.45) is 6.27. The number of hydrogen-bond donors (Lipinski definition) is 1. The predicted octanol–water partition coefficient (Wildman–Crippen LogP) is 2.83. The van der Waals surface area contributed by atoms with Crippen LogP contribution in [0.5, 0.6) is 0 Å². The summed E-state index contributed by atoms with van der Waals surface area (Å²) in [5.74, 6) is 2.18. The van der Waals surface area contributed by atoms with Crippen LogP contribution >= 0.6 is 0 Å². The van der Waals surface area contributed by atoms with Gasteiger partial charge in [-0.05, 0) is 44.9 Å². The molecule has 2 aromatic rings. The minimum Gasteiger partial charge on any atom is -0.391 e. The lowest BCUT2D eigenvalue weighted by Crippen LogP contribution is -2.47. The molecule has 0 spiro atoms. The first-order valence-electron chi connectivity index (χ1n) is 11.4. The van der Waals surface area contributed by atoms with Crippen LogP contribution in [0, 0.1) is 5.92 Å². The van der Waals surface area contributed by atoms with Crippen LogP contribution in [0.4, 0.5) is 5.82 Å². The third kappa shape index (κ3) is 3.81. The molecule has 1 N–H and O–H groups in total. The Hall–Kier alpha value is -2.47. The number of aryl methyl sites for hydroxylation is 1. The third-order valence-corrected chi connectivity index (χ3v) is 6.80. The first-order chi connectivity index (χ1) is 14.7. The molecule has 3 aliphatic rings. The third-order valence-electron chi connectivity index (χ3n) is 6.80. The van der Waals surface area contributed by atoms with E-state index in [1.807, 2.05) is 23.1 Å². The Morgan fingerprint density at radius 1 is 0.967 bits per heavy atom. The van der Waals surface area contributed by atoms with Crippen molar-refractivity contribution in [2.45, 2.75) is 51.0 Å². The van der Waals surface area contributed by atoms with Crippen molar-refractivity contribution >= 4 is 11.7 Å². The summed E-state index contributed by atoms with van der Waals surface area (Å²) in [7, 11) is 0. The molecular weight excluding hydrogens is 376 g/mol. The van der Waals surface area contributed by atoms with Crippen LogP contribution in [-0.4, -0.2) is 58.2 Å². The standard InChI is InChI=1S/C24H30N4O2/c29-19-8-5-13-28(16-19)24(30)18-11-14-27(15-12-18)23-20-9-4-10-21(20)25-22(26-23)17-6-2-1-3-7-17/h1-3,6-7,18-19,29H,4-5,8-16H2. The van der Waals surface area contributed by atoms with Crippen molar-refractivity contribution in [3.8, 4) is 11.4 Å². The summed E-state index contributed by atoms with van der Waals surface area (Å²) in [4.78, 5) is 27.0. The number of nitrogens with zero attached hydrogens (tertiary/aromatic N) is 4. The van der Waals surface area contributed by atoms with E-state index in [1.54, 1.807) is 0 Å². The zero-order chi connectivity index (χ0) is 20.5. The number of piperidine rings is 2. The second-order valence-electron chi connectivity index (χ2n) is 8.86. The lowest BCUT2D eigenvalue weighted by molar-refractivity contribution is -0.139. The molecule has 1 amide bonds. The minimum absolute atomic E-state index is 0.0648. The highest BCUT2D eigenvalue weighted by atomic mass is 16.3. The number of carbonyl (C=O) groups excluding carboxylic acids is 1. The van der Waals surface area contributed by atoms with Gasteiger partial charge in [-0.25, -0.2) is 9.97 Å². The molecule has 3 heterocycles. The van der Waals surface area contributed by atoms with Crippen molar-refractivity contribution in [1.82, 2.24) is 14.9 Å². The fraction of sp³-hybridized carbons (Fsp3) is 0.542. The second kappa shape index (κ2) is 8.34. The maximum atomic E-state index is 12.9. The zero-order valence-corrected chi connectivity index (χ0v) is 17.5. The molecule has 6 nitrogen and oxygen atoms in total. The van der Waals surface area contributed by atoms with Crippen molar-refractivity contribution in [3.05, 3.63) is 41.6 Å². The lowest BCUT2D eigenvalue weighted by Gasteiger charge is -2.37. The van der Waals surface area contributed by atoms with Gasteiger partial charge in [-0.1, -0.05) is 30.3 Å². The molecule has 1 unspecified atom stereocenters. The molecule has 0 bridgehead atoms. The van der Waals surface area contributed by atoms with E-state index >= 15 is 0 Å². The fourth-order valence-corrected chi connectivity index (χ4v) is 5.14. The van der Waals surface area contributed by atoms with Crippen molar-refractivity contribution < 1.29 is 9.90 Å². The van der Waals surface area contributed by atoms with Crippen LogP contribution in [-0.2, 0) is 17.6 Å². The molecule has 158 valence electrons. The largest absolute Gasteiger partial charge is 0.391 e. The van der Waals surface area contributed by atoms with Gasteiger partial charge in [0.25, 0.3) is 0 Å². The summed E-state index contributed by atoms with van der Waals surface area (Å²) in [5, 5.41) is 9.91. The van der Waals surface area contributed by atoms with E-state index in [2.05, 4.69) is 17.0 Å². The average Bonchev–Trinajstić information content (AvgIpc) is 3.27. The van der Waals surface area contributed by atoms with Crippen LogP contribution in [0.3, 0.4) is 0 Å². The number of likely N-dealkylation sites (tertiary alicyclic amines) is 1. The predicted molar refractivity (Wildman–Crippen MR) is 116 cm³/mol. The molecule has 6 heteroatoms. The smallest absolute Gasteiger partial charge is 0.225 e. The number of rotatable bonds is 3. The quantitative estimate of drug-likeness (QED) is 0.849. The molecular formula is C24H30N4O2. The van der Waals surface area contributed by atoms with Gasteiger partial charge in [0.1, 0.15) is 5.82 Å². The highest BCUT2D eigenvalue weighted by Crippen LogP contribution is 2.34. The molecule has 0 saturated carbocycles. The molecule has 2 saturated heterocycles. The van der Waals surface area contributed by atoms with E-state index in [4.69, 9.17) is 9.97 Å². The Labute approximate surface area is 177 Å². The summed E-state index contributed by atoms with van der Waals surface area (Å²) < 4.78 is 0. The Morgan fingerprint density at radius 3 is 2.53 bits per heavy atom. The molecule has 1 aromatic carbocycles. The van der Waals surface area contributed by atoms with Gasteiger partial charge < -0.3 is 14.9 Å². The number of aromatic nitrogens is 2. The number of aliphatic hydroxyl groups excluding tert-OH is 1. The first kappa shape index (κ1) is 19.5. The molecule has 30 heavy (non-hydrogen) atoms. The topological polar surface area (TPSA) is 69.6 Å². The number of anilines is 1. The maximum Gasteiger partial charge on any atom is 0.225 e. The van der Waals surface area contributed by atoms with Crippen LogP contribution in [0.1, 0.15) is 43.4 Å². The Kier molecular flexibility index (Phi) is 5.42. The van der Waals surface area contributed by atoms with E-state index in [-0.39, 0.29) is 17.9 Å². The van der Waals surface area contributed by atoms with Gasteiger partial charge in [0.15, 0.2) is 5.82 Å². The van der Waals surface area contributed by atoms with Crippen LogP contribution in [0.15, 0.2) is 30.3 Å². The average molecular weight is 407 g/mol. The minimum atomic E-state index is -0.359. The number of fused-ring (bicyclic) bond motifs is 1. The summed E-state index contributed by atoms with van der Waals surface area (Å²) in [6, 6.07) is 10.2.